The molecule has 0 fully saturated rings. The Morgan fingerprint density at radius 3 is 2.74 bits per heavy atom. The summed E-state index contributed by atoms with van der Waals surface area (Å²) in [6.07, 6.45) is 3.89. The maximum Gasteiger partial charge on any atom is 0.358 e. The Balaban J connectivity index is 1.92. The van der Waals surface area contributed by atoms with Crippen LogP contribution < -0.4 is 0 Å². The molecule has 0 atom stereocenters. The first-order valence-corrected chi connectivity index (χ1v) is 6.37. The van der Waals surface area contributed by atoms with Gasteiger partial charge < -0.3 is 4.74 Å². The van der Waals surface area contributed by atoms with Gasteiger partial charge in [0.05, 0.1) is 7.11 Å². The Morgan fingerprint density at radius 1 is 1.32 bits per heavy atom. The third-order valence-corrected chi connectivity index (χ3v) is 3.02. The molecule has 0 amide bonds. The van der Waals surface area contributed by atoms with E-state index in [0.29, 0.717) is 5.69 Å². The van der Waals surface area contributed by atoms with E-state index in [-0.39, 0.29) is 5.97 Å². The number of hydrogen-bond donors (Lipinski definition) is 0. The van der Waals surface area contributed by atoms with Gasteiger partial charge in [-0.25, -0.2) is 4.79 Å². The van der Waals surface area contributed by atoms with Gasteiger partial charge in [-0.15, -0.1) is 0 Å². The van der Waals surface area contributed by atoms with E-state index < -0.39 is 0 Å². The molecule has 1 aromatic heterocycles. The summed E-state index contributed by atoms with van der Waals surface area (Å²) in [4.78, 5) is 11.4. The molecule has 0 spiro atoms. The van der Waals surface area contributed by atoms with Gasteiger partial charge in [-0.3, -0.25) is 4.68 Å². The molecule has 2 aromatic rings. The van der Waals surface area contributed by atoms with E-state index in [1.165, 1.54) is 12.7 Å². The van der Waals surface area contributed by atoms with Crippen molar-refractivity contribution in [2.75, 3.05) is 7.11 Å². The first-order valence-electron chi connectivity index (χ1n) is 6.37. The Hall–Kier alpha value is -2.10. The minimum absolute atomic E-state index is 0.376. The zero-order valence-electron chi connectivity index (χ0n) is 11.3. The Labute approximate surface area is 113 Å². The maximum absolute atomic E-state index is 11.4. The molecule has 0 aliphatic carbocycles. The fourth-order valence-electron chi connectivity index (χ4n) is 2.02. The molecule has 4 heteroatoms. The quantitative estimate of drug-likeness (QED) is 0.774. The predicted molar refractivity (Wildman–Crippen MR) is 73.1 cm³/mol. The van der Waals surface area contributed by atoms with Crippen LogP contribution in [0.15, 0.2) is 36.5 Å². The van der Waals surface area contributed by atoms with Crippen molar-refractivity contribution >= 4 is 5.97 Å². The molecule has 0 saturated heterocycles. The lowest BCUT2D eigenvalue weighted by Gasteiger charge is -2.02. The number of esters is 1. The van der Waals surface area contributed by atoms with Crippen molar-refractivity contribution in [3.8, 4) is 0 Å². The van der Waals surface area contributed by atoms with Crippen LogP contribution in [0.4, 0.5) is 0 Å². The summed E-state index contributed by atoms with van der Waals surface area (Å²) >= 11 is 0. The Morgan fingerprint density at radius 2 is 2.05 bits per heavy atom. The van der Waals surface area contributed by atoms with Crippen molar-refractivity contribution in [3.63, 3.8) is 0 Å². The molecular weight excluding hydrogens is 240 g/mol. The summed E-state index contributed by atoms with van der Waals surface area (Å²) in [7, 11) is 1.37. The highest BCUT2D eigenvalue weighted by atomic mass is 16.5. The highest BCUT2D eigenvalue weighted by Crippen LogP contribution is 2.08. The number of rotatable bonds is 5. The van der Waals surface area contributed by atoms with Crippen molar-refractivity contribution < 1.29 is 9.53 Å². The van der Waals surface area contributed by atoms with Gasteiger partial charge in [-0.05, 0) is 25.3 Å². The van der Waals surface area contributed by atoms with Crippen molar-refractivity contribution in [2.24, 2.45) is 0 Å². The second kappa shape index (κ2) is 6.18. The lowest BCUT2D eigenvalue weighted by molar-refractivity contribution is 0.0592. The lowest BCUT2D eigenvalue weighted by atomic mass is 10.1. The van der Waals surface area contributed by atoms with Crippen LogP contribution in [0.3, 0.4) is 0 Å². The van der Waals surface area contributed by atoms with Crippen molar-refractivity contribution in [1.82, 2.24) is 9.78 Å². The molecule has 0 unspecified atom stereocenters. The van der Waals surface area contributed by atoms with Gasteiger partial charge in [0.25, 0.3) is 0 Å². The number of ether oxygens (including phenoxy) is 1. The van der Waals surface area contributed by atoms with Crippen LogP contribution >= 0.6 is 0 Å². The van der Waals surface area contributed by atoms with E-state index >= 15 is 0 Å². The molecule has 19 heavy (non-hydrogen) atoms. The van der Waals surface area contributed by atoms with Crippen molar-refractivity contribution in [1.29, 1.82) is 0 Å². The predicted octanol–water partition coefficient (Wildman–Crippen LogP) is 2.61. The molecule has 0 bridgehead atoms. The zero-order chi connectivity index (χ0) is 13.7. The number of aryl methyl sites for hydroxylation is 3. The highest BCUT2D eigenvalue weighted by Gasteiger charge is 2.13. The van der Waals surface area contributed by atoms with Crippen molar-refractivity contribution in [2.45, 2.75) is 26.3 Å². The number of methoxy groups -OCH3 is 1. The molecule has 0 N–H and O–H groups in total. The summed E-state index contributed by atoms with van der Waals surface area (Å²) in [6, 6.07) is 10.3. The molecule has 1 aromatic carbocycles. The van der Waals surface area contributed by atoms with Gasteiger partial charge in [0.2, 0.25) is 0 Å². The van der Waals surface area contributed by atoms with Gasteiger partial charge in [0.15, 0.2) is 5.69 Å². The van der Waals surface area contributed by atoms with Crippen LogP contribution in [0.5, 0.6) is 0 Å². The minimum atomic E-state index is -0.376. The molecule has 0 saturated carbocycles. The van der Waals surface area contributed by atoms with Gasteiger partial charge in [0.1, 0.15) is 0 Å². The second-order valence-corrected chi connectivity index (χ2v) is 4.50. The number of carbonyl (C=O) groups excluding carboxylic acids is 1. The highest BCUT2D eigenvalue weighted by molar-refractivity contribution is 5.88. The summed E-state index contributed by atoms with van der Waals surface area (Å²) in [5.41, 5.74) is 2.58. The zero-order valence-corrected chi connectivity index (χ0v) is 11.3. The standard InChI is InChI=1S/C15H18N2O2/c1-12-11-17(16-14(12)15(18)19-2)10-6-9-13-7-4-3-5-8-13/h3-5,7-8,11H,6,9-10H2,1-2H3. The molecule has 0 aliphatic heterocycles. The van der Waals surface area contributed by atoms with Crippen molar-refractivity contribution in [3.05, 3.63) is 53.3 Å². The van der Waals surface area contributed by atoms with Crippen LogP contribution in [0.25, 0.3) is 0 Å². The number of carbonyl (C=O) groups is 1. The summed E-state index contributed by atoms with van der Waals surface area (Å²) < 4.78 is 6.50. The second-order valence-electron chi connectivity index (χ2n) is 4.50. The molecule has 2 rings (SSSR count). The van der Waals surface area contributed by atoms with Gasteiger partial charge in [-0.2, -0.15) is 5.10 Å². The fourth-order valence-corrected chi connectivity index (χ4v) is 2.02. The van der Waals surface area contributed by atoms with E-state index in [4.69, 9.17) is 0 Å². The van der Waals surface area contributed by atoms with Gasteiger partial charge in [0, 0.05) is 18.3 Å². The summed E-state index contributed by atoms with van der Waals surface area (Å²) in [5.74, 6) is -0.376. The van der Waals surface area contributed by atoms with Crippen LogP contribution in [0.2, 0.25) is 0 Å². The monoisotopic (exact) mass is 258 g/mol. The van der Waals surface area contributed by atoms with E-state index in [1.807, 2.05) is 36.0 Å². The molecule has 1 heterocycles. The van der Waals surface area contributed by atoms with E-state index in [1.54, 1.807) is 0 Å². The molecule has 100 valence electrons. The van der Waals surface area contributed by atoms with Gasteiger partial charge >= 0.3 is 5.97 Å². The summed E-state index contributed by atoms with van der Waals surface area (Å²) in [6.45, 7) is 2.67. The molecular formula is C15H18N2O2. The van der Waals surface area contributed by atoms with E-state index in [9.17, 15) is 4.79 Å². The normalized spacial score (nSPS) is 10.4. The van der Waals surface area contributed by atoms with Crippen LogP contribution in [-0.4, -0.2) is 22.9 Å². The van der Waals surface area contributed by atoms with Gasteiger partial charge in [-0.1, -0.05) is 30.3 Å². The summed E-state index contributed by atoms with van der Waals surface area (Å²) in [5, 5.41) is 4.25. The number of hydrogen-bond acceptors (Lipinski definition) is 3. The number of aromatic nitrogens is 2. The van der Waals surface area contributed by atoms with E-state index in [0.717, 1.165) is 24.9 Å². The SMILES string of the molecule is COC(=O)c1nn(CCCc2ccccc2)cc1C. The molecule has 0 radical (unpaired) electrons. The third-order valence-electron chi connectivity index (χ3n) is 3.02. The molecule has 4 nitrogen and oxygen atoms in total. The molecule has 0 aliphatic rings. The first kappa shape index (κ1) is 13.3. The van der Waals surface area contributed by atoms with Crippen LogP contribution in [0, 0.1) is 6.92 Å². The van der Waals surface area contributed by atoms with Crippen LogP contribution in [-0.2, 0) is 17.7 Å². The Bertz CT molecular complexity index is 547. The number of benzene rings is 1. The topological polar surface area (TPSA) is 44.1 Å². The Kier molecular flexibility index (Phi) is 4.34. The lowest BCUT2D eigenvalue weighted by Crippen LogP contribution is -2.06. The first-order chi connectivity index (χ1) is 9.20. The fraction of sp³-hybridized carbons (Fsp3) is 0.333. The maximum atomic E-state index is 11.4. The largest absolute Gasteiger partial charge is 0.464 e. The minimum Gasteiger partial charge on any atom is -0.464 e. The van der Waals surface area contributed by atoms with Crippen LogP contribution in [0.1, 0.15) is 28.0 Å². The third kappa shape index (κ3) is 3.44. The average Bonchev–Trinajstić information content (AvgIpc) is 2.80. The van der Waals surface area contributed by atoms with E-state index in [2.05, 4.69) is 22.0 Å². The average molecular weight is 258 g/mol. The smallest absolute Gasteiger partial charge is 0.358 e. The number of nitrogens with zero attached hydrogens (tertiary/aromatic N) is 2.